The molecule has 0 bridgehead atoms. The summed E-state index contributed by atoms with van der Waals surface area (Å²) < 4.78 is 11.5. The monoisotopic (exact) mass is 570 g/mol. The summed E-state index contributed by atoms with van der Waals surface area (Å²) in [7, 11) is 3.38. The molecule has 0 radical (unpaired) electrons. The molecule has 4 rings (SSSR count). The zero-order chi connectivity index (χ0) is 21.2. The summed E-state index contributed by atoms with van der Waals surface area (Å²) in [6.07, 6.45) is 2.00. The molecular formula is C27H32Br2MgO2. The van der Waals surface area contributed by atoms with Crippen molar-refractivity contribution >= 4 is 60.5 Å². The number of rotatable bonds is 2. The van der Waals surface area contributed by atoms with Gasteiger partial charge in [-0.25, -0.2) is 0 Å². The van der Waals surface area contributed by atoms with Gasteiger partial charge in [-0.2, -0.15) is 13.8 Å². The average Bonchev–Trinajstić information content (AvgIpc) is 2.73. The van der Waals surface area contributed by atoms with Crippen LogP contribution in [-0.2, 0) is 0 Å². The zero-order valence-corrected chi connectivity index (χ0v) is 23.4. The smallest absolute Gasteiger partial charge is 1.00 e. The second-order valence-electron chi connectivity index (χ2n) is 6.58. The molecule has 2 nitrogen and oxygen atoms in total. The van der Waals surface area contributed by atoms with Crippen LogP contribution in [0.1, 0.15) is 26.8 Å². The quantitative estimate of drug-likeness (QED) is 0.241. The summed E-state index contributed by atoms with van der Waals surface area (Å²) in [5.74, 6) is 1.83. The second kappa shape index (κ2) is 17.2. The number of halogens is 2. The second-order valence-corrected chi connectivity index (χ2v) is 7.43. The van der Waals surface area contributed by atoms with E-state index >= 15 is 0 Å². The minimum atomic E-state index is 0. The summed E-state index contributed by atoms with van der Waals surface area (Å²) in [6, 6.07) is 24.8. The molecule has 0 N–H and O–H groups in total. The number of hydrogen-bond acceptors (Lipinski definition) is 2. The van der Waals surface area contributed by atoms with Crippen molar-refractivity contribution in [3.63, 3.8) is 0 Å². The summed E-state index contributed by atoms with van der Waals surface area (Å²) >= 11 is 3.45. The van der Waals surface area contributed by atoms with E-state index in [9.17, 15) is 0 Å². The van der Waals surface area contributed by atoms with Crippen LogP contribution >= 0.6 is 15.9 Å². The molecule has 32 heavy (non-hydrogen) atoms. The van der Waals surface area contributed by atoms with Crippen LogP contribution < -0.4 is 26.5 Å². The molecule has 0 aliphatic heterocycles. The number of hydrogen-bond donors (Lipinski definition) is 0. The van der Waals surface area contributed by atoms with Crippen molar-refractivity contribution in [3.8, 4) is 11.5 Å². The number of benzene rings is 4. The first-order valence-corrected chi connectivity index (χ1v) is 10.3. The van der Waals surface area contributed by atoms with Gasteiger partial charge in [-0.3, -0.25) is 0 Å². The Bertz CT molecular complexity index is 983. The number of methoxy groups -OCH3 is 2. The van der Waals surface area contributed by atoms with E-state index in [-0.39, 0.29) is 47.5 Å². The Morgan fingerprint density at radius 1 is 0.688 bits per heavy atom. The number of ether oxygens (including phenoxy) is 2. The van der Waals surface area contributed by atoms with Crippen LogP contribution in [-0.4, -0.2) is 37.3 Å². The van der Waals surface area contributed by atoms with Crippen LogP contribution in [0.3, 0.4) is 0 Å². The van der Waals surface area contributed by atoms with Crippen molar-refractivity contribution in [2.45, 2.75) is 28.2 Å². The van der Waals surface area contributed by atoms with Gasteiger partial charge < -0.3 is 32.9 Å². The predicted molar refractivity (Wildman–Crippen MR) is 142 cm³/mol. The van der Waals surface area contributed by atoms with E-state index in [0.717, 1.165) is 16.0 Å². The molecule has 0 saturated heterocycles. The fraction of sp³-hybridized carbons (Fsp3) is 0.222. The minimum absolute atomic E-state index is 0. The Balaban J connectivity index is 0. The van der Waals surface area contributed by atoms with Crippen molar-refractivity contribution in [1.29, 1.82) is 0 Å². The maximum absolute atomic E-state index is 5.25. The molecule has 0 spiro atoms. The largest absolute Gasteiger partial charge is 2.00 e. The van der Waals surface area contributed by atoms with E-state index in [1.807, 2.05) is 50.6 Å². The van der Waals surface area contributed by atoms with Gasteiger partial charge in [0.2, 0.25) is 0 Å². The van der Waals surface area contributed by atoms with Crippen LogP contribution in [0.2, 0.25) is 0 Å². The van der Waals surface area contributed by atoms with Gasteiger partial charge in [-0.15, -0.1) is 0 Å². The third kappa shape index (κ3) is 9.30. The maximum Gasteiger partial charge on any atom is 2.00 e. The van der Waals surface area contributed by atoms with Crippen LogP contribution in [0.4, 0.5) is 0 Å². The molecule has 0 heterocycles. The fourth-order valence-electron chi connectivity index (χ4n) is 2.90. The van der Waals surface area contributed by atoms with E-state index in [1.165, 1.54) is 27.1 Å². The van der Waals surface area contributed by atoms with E-state index < -0.39 is 0 Å². The van der Waals surface area contributed by atoms with Crippen molar-refractivity contribution in [2.24, 2.45) is 0 Å². The number of aryl methyl sites for hydroxylation is 1. The molecule has 168 valence electrons. The van der Waals surface area contributed by atoms with Crippen molar-refractivity contribution in [3.05, 3.63) is 89.3 Å². The van der Waals surface area contributed by atoms with Crippen LogP contribution in [0, 0.1) is 13.3 Å². The van der Waals surface area contributed by atoms with Gasteiger partial charge in [-0.05, 0) is 74.2 Å². The Morgan fingerprint density at radius 2 is 1.03 bits per heavy atom. The maximum atomic E-state index is 5.25. The Hall–Kier alpha value is -1.27. The Kier molecular flexibility index (Phi) is 17.7. The minimum Gasteiger partial charge on any atom is -1.00 e. The molecular weight excluding hydrogens is 540 g/mol. The van der Waals surface area contributed by atoms with Crippen molar-refractivity contribution in [1.82, 2.24) is 0 Å². The SMILES string of the molecule is C.COc1cc2ccccc2cc1Br.COc1cc2ccccc2cc1C.C[CH-]C.[Br-].[Mg+2]. The van der Waals surface area contributed by atoms with E-state index in [0.29, 0.717) is 0 Å². The van der Waals surface area contributed by atoms with Gasteiger partial charge in [0.15, 0.2) is 0 Å². The van der Waals surface area contributed by atoms with Gasteiger partial charge in [0.1, 0.15) is 11.5 Å². The summed E-state index contributed by atoms with van der Waals surface area (Å²) in [5, 5.41) is 4.91. The van der Waals surface area contributed by atoms with Crippen molar-refractivity contribution < 1.29 is 26.5 Å². The molecule has 5 heteroatoms. The standard InChI is InChI=1S/C12H12O.C11H9BrO.C3H7.CH4.BrH.Mg/c1-9-7-10-5-3-4-6-11(10)8-12(9)13-2;1-13-11-7-9-5-3-2-4-8(9)6-10(11)12;1-3-2;;;/h3-8H,1-2H3;2-7H,1H3;3H,1-2H3;1H4;1H;/q;;-1;;;+2/p-1. The topological polar surface area (TPSA) is 18.5 Å². The third-order valence-electron chi connectivity index (χ3n) is 4.28. The molecule has 0 atom stereocenters. The first-order valence-electron chi connectivity index (χ1n) is 9.53. The normalized spacial score (nSPS) is 8.94. The molecule has 0 aliphatic rings. The fourth-order valence-corrected chi connectivity index (χ4v) is 3.42. The Morgan fingerprint density at radius 3 is 1.44 bits per heavy atom. The van der Waals surface area contributed by atoms with Crippen molar-refractivity contribution in [2.75, 3.05) is 14.2 Å². The molecule has 0 aliphatic carbocycles. The zero-order valence-electron chi connectivity index (χ0n) is 18.8. The first kappa shape index (κ1) is 32.9. The van der Waals surface area contributed by atoms with E-state index in [2.05, 4.69) is 65.3 Å². The molecule has 4 aromatic rings. The Labute approximate surface area is 228 Å². The van der Waals surface area contributed by atoms with Gasteiger partial charge in [0.05, 0.1) is 18.7 Å². The molecule has 0 fully saturated rings. The van der Waals surface area contributed by atoms with Crippen LogP contribution in [0.15, 0.2) is 77.3 Å². The third-order valence-corrected chi connectivity index (χ3v) is 4.90. The number of fused-ring (bicyclic) bond motifs is 2. The molecule has 0 aromatic heterocycles. The van der Waals surface area contributed by atoms with E-state index in [1.54, 1.807) is 14.2 Å². The first-order chi connectivity index (χ1) is 14.0. The average molecular weight is 573 g/mol. The van der Waals surface area contributed by atoms with Crippen LogP contribution in [0.25, 0.3) is 21.5 Å². The summed E-state index contributed by atoms with van der Waals surface area (Å²) in [4.78, 5) is 0. The van der Waals surface area contributed by atoms with Gasteiger partial charge in [0, 0.05) is 0 Å². The van der Waals surface area contributed by atoms with Crippen LogP contribution in [0.5, 0.6) is 11.5 Å². The molecule has 0 unspecified atom stereocenters. The predicted octanol–water partition coefficient (Wildman–Crippen LogP) is 5.26. The molecule has 0 saturated carbocycles. The van der Waals surface area contributed by atoms with E-state index in [4.69, 9.17) is 9.47 Å². The molecule has 0 amide bonds. The molecule has 4 aromatic carbocycles. The summed E-state index contributed by atoms with van der Waals surface area (Å²) in [6.45, 7) is 6.06. The van der Waals surface area contributed by atoms with Gasteiger partial charge in [-0.1, -0.05) is 56.0 Å². The summed E-state index contributed by atoms with van der Waals surface area (Å²) in [5.41, 5.74) is 1.18. The van der Waals surface area contributed by atoms with Gasteiger partial charge in [0.25, 0.3) is 0 Å². The van der Waals surface area contributed by atoms with Gasteiger partial charge >= 0.3 is 23.1 Å².